The predicted molar refractivity (Wildman–Crippen MR) is 80.2 cm³/mol. The maximum atomic E-state index is 12.4. The Balaban J connectivity index is 2.31. The Morgan fingerprint density at radius 3 is 2.67 bits per heavy atom. The molecule has 0 fully saturated rings. The standard InChI is InChI=1S/C14H17N3O3S/c1-3-20-12(18)10-16-13(15-2)21-17(14(16)19)9-11-7-5-4-6-8-11/h4-8H,3,9-10H2,1-2H3. The largest absolute Gasteiger partial charge is 0.465 e. The highest BCUT2D eigenvalue weighted by Gasteiger charge is 2.13. The van der Waals surface area contributed by atoms with Crippen LogP contribution in [0.5, 0.6) is 0 Å². The topological polar surface area (TPSA) is 65.6 Å². The van der Waals surface area contributed by atoms with E-state index >= 15 is 0 Å². The third-order valence-electron chi connectivity index (χ3n) is 2.82. The van der Waals surface area contributed by atoms with Gasteiger partial charge in [0.1, 0.15) is 6.54 Å². The highest BCUT2D eigenvalue weighted by molar-refractivity contribution is 7.03. The van der Waals surface area contributed by atoms with Crippen LogP contribution in [0.1, 0.15) is 12.5 Å². The van der Waals surface area contributed by atoms with Crippen molar-refractivity contribution < 1.29 is 9.53 Å². The van der Waals surface area contributed by atoms with Crippen molar-refractivity contribution in [2.24, 2.45) is 4.99 Å². The molecule has 7 heteroatoms. The summed E-state index contributed by atoms with van der Waals surface area (Å²) in [5.41, 5.74) is 0.768. The molecule has 0 aliphatic carbocycles. The zero-order valence-electron chi connectivity index (χ0n) is 12.0. The SMILES string of the molecule is CCOC(=O)Cn1c(=NC)sn(Cc2ccccc2)c1=O. The van der Waals surface area contributed by atoms with Gasteiger partial charge in [0.25, 0.3) is 0 Å². The Labute approximate surface area is 126 Å². The van der Waals surface area contributed by atoms with Gasteiger partial charge in [0.05, 0.1) is 13.2 Å². The molecule has 21 heavy (non-hydrogen) atoms. The predicted octanol–water partition coefficient (Wildman–Crippen LogP) is 0.853. The van der Waals surface area contributed by atoms with Crippen molar-refractivity contribution in [1.29, 1.82) is 0 Å². The fraction of sp³-hybridized carbons (Fsp3) is 0.357. The van der Waals surface area contributed by atoms with Gasteiger partial charge in [-0.25, -0.2) is 8.75 Å². The minimum absolute atomic E-state index is 0.113. The lowest BCUT2D eigenvalue weighted by Crippen LogP contribution is -2.33. The molecular weight excluding hydrogens is 290 g/mol. The smallest absolute Gasteiger partial charge is 0.340 e. The van der Waals surface area contributed by atoms with Crippen LogP contribution in [-0.4, -0.2) is 28.1 Å². The number of aromatic nitrogens is 2. The van der Waals surface area contributed by atoms with Gasteiger partial charge >= 0.3 is 11.7 Å². The van der Waals surface area contributed by atoms with Crippen LogP contribution in [0.25, 0.3) is 0 Å². The molecule has 0 atom stereocenters. The van der Waals surface area contributed by atoms with Crippen molar-refractivity contribution in [2.75, 3.05) is 13.7 Å². The average Bonchev–Trinajstić information content (AvgIpc) is 2.77. The van der Waals surface area contributed by atoms with E-state index in [0.29, 0.717) is 18.0 Å². The average molecular weight is 307 g/mol. The van der Waals surface area contributed by atoms with E-state index < -0.39 is 5.97 Å². The van der Waals surface area contributed by atoms with E-state index in [1.807, 2.05) is 30.3 Å². The number of ether oxygens (including phenoxy) is 1. The quantitative estimate of drug-likeness (QED) is 0.769. The van der Waals surface area contributed by atoms with Crippen LogP contribution >= 0.6 is 11.5 Å². The van der Waals surface area contributed by atoms with E-state index in [4.69, 9.17) is 4.74 Å². The Morgan fingerprint density at radius 1 is 1.33 bits per heavy atom. The molecule has 0 unspecified atom stereocenters. The Morgan fingerprint density at radius 2 is 2.05 bits per heavy atom. The summed E-state index contributed by atoms with van der Waals surface area (Å²) in [6.07, 6.45) is 0. The van der Waals surface area contributed by atoms with E-state index in [9.17, 15) is 9.59 Å². The van der Waals surface area contributed by atoms with E-state index in [1.54, 1.807) is 17.9 Å². The molecule has 1 aromatic heterocycles. The normalized spacial score (nSPS) is 11.6. The number of nitrogens with zero attached hydrogens (tertiary/aromatic N) is 3. The summed E-state index contributed by atoms with van der Waals surface area (Å²) in [6, 6.07) is 9.67. The minimum Gasteiger partial charge on any atom is -0.465 e. The van der Waals surface area contributed by atoms with Gasteiger partial charge in [-0.15, -0.1) is 0 Å². The lowest BCUT2D eigenvalue weighted by molar-refractivity contribution is -0.143. The zero-order valence-corrected chi connectivity index (χ0v) is 12.8. The van der Waals surface area contributed by atoms with Gasteiger partial charge < -0.3 is 4.74 Å². The van der Waals surface area contributed by atoms with Crippen LogP contribution in [0, 0.1) is 0 Å². The van der Waals surface area contributed by atoms with E-state index in [0.717, 1.165) is 5.56 Å². The van der Waals surface area contributed by atoms with Gasteiger partial charge in [0.15, 0.2) is 0 Å². The summed E-state index contributed by atoms with van der Waals surface area (Å²) in [4.78, 5) is 28.5. The van der Waals surface area contributed by atoms with Crippen LogP contribution in [0.2, 0.25) is 0 Å². The molecule has 1 heterocycles. The molecule has 0 bridgehead atoms. The Hall–Kier alpha value is -2.15. The second-order valence-electron chi connectivity index (χ2n) is 4.29. The molecule has 0 aliphatic rings. The molecule has 0 N–H and O–H groups in total. The van der Waals surface area contributed by atoms with Gasteiger partial charge in [-0.05, 0) is 24.0 Å². The van der Waals surface area contributed by atoms with Crippen LogP contribution in [0.4, 0.5) is 0 Å². The summed E-state index contributed by atoms with van der Waals surface area (Å²) in [5, 5.41) is 0. The molecule has 0 spiro atoms. The summed E-state index contributed by atoms with van der Waals surface area (Å²) < 4.78 is 7.80. The Bertz CT molecular complexity index is 728. The maximum Gasteiger partial charge on any atom is 0.340 e. The van der Waals surface area contributed by atoms with Crippen LogP contribution in [0.3, 0.4) is 0 Å². The third-order valence-corrected chi connectivity index (χ3v) is 3.89. The summed E-state index contributed by atoms with van der Waals surface area (Å²) in [6.45, 7) is 2.37. The first-order valence-corrected chi connectivity index (χ1v) is 7.36. The molecule has 6 nitrogen and oxygen atoms in total. The molecule has 0 aliphatic heterocycles. The molecular formula is C14H17N3O3S. The first-order valence-electron chi connectivity index (χ1n) is 6.59. The second-order valence-corrected chi connectivity index (χ2v) is 5.28. The van der Waals surface area contributed by atoms with Crippen LogP contribution in [0.15, 0.2) is 40.1 Å². The fourth-order valence-electron chi connectivity index (χ4n) is 1.89. The van der Waals surface area contributed by atoms with Gasteiger partial charge in [0, 0.05) is 7.05 Å². The van der Waals surface area contributed by atoms with Crippen molar-refractivity contribution in [3.05, 3.63) is 51.2 Å². The number of benzene rings is 1. The highest BCUT2D eigenvalue weighted by Crippen LogP contribution is 2.01. The van der Waals surface area contributed by atoms with Crippen LogP contribution in [-0.2, 0) is 22.6 Å². The molecule has 0 saturated heterocycles. The van der Waals surface area contributed by atoms with Gasteiger partial charge in [0.2, 0.25) is 4.80 Å². The van der Waals surface area contributed by atoms with Gasteiger partial charge in [-0.1, -0.05) is 30.3 Å². The summed E-state index contributed by atoms with van der Waals surface area (Å²) in [7, 11) is 1.60. The molecule has 2 aromatic rings. The van der Waals surface area contributed by atoms with Crippen molar-refractivity contribution in [3.8, 4) is 0 Å². The molecule has 2 rings (SSSR count). The van der Waals surface area contributed by atoms with E-state index in [2.05, 4.69) is 4.99 Å². The first-order chi connectivity index (χ1) is 10.2. The van der Waals surface area contributed by atoms with Crippen molar-refractivity contribution in [3.63, 3.8) is 0 Å². The van der Waals surface area contributed by atoms with Gasteiger partial charge in [-0.3, -0.25) is 14.4 Å². The molecule has 0 radical (unpaired) electrons. The van der Waals surface area contributed by atoms with Crippen molar-refractivity contribution in [1.82, 2.24) is 8.52 Å². The monoisotopic (exact) mass is 307 g/mol. The van der Waals surface area contributed by atoms with Crippen LogP contribution < -0.4 is 10.5 Å². The number of carbonyl (C=O) groups excluding carboxylic acids is 1. The third kappa shape index (κ3) is 3.69. The van der Waals surface area contributed by atoms with Crippen molar-refractivity contribution >= 4 is 17.5 Å². The minimum atomic E-state index is -0.436. The number of rotatable bonds is 5. The van der Waals surface area contributed by atoms with Gasteiger partial charge in [-0.2, -0.15) is 0 Å². The molecule has 1 aromatic carbocycles. The number of hydrogen-bond donors (Lipinski definition) is 0. The summed E-state index contributed by atoms with van der Waals surface area (Å²) >= 11 is 1.23. The number of esters is 1. The van der Waals surface area contributed by atoms with E-state index in [-0.39, 0.29) is 12.2 Å². The summed E-state index contributed by atoms with van der Waals surface area (Å²) in [5.74, 6) is -0.436. The lowest BCUT2D eigenvalue weighted by Gasteiger charge is -2.02. The second kappa shape index (κ2) is 7.03. The lowest BCUT2D eigenvalue weighted by atomic mass is 10.2. The molecule has 112 valence electrons. The Kier molecular flexibility index (Phi) is 5.10. The number of hydrogen-bond acceptors (Lipinski definition) is 5. The van der Waals surface area contributed by atoms with E-state index in [1.165, 1.54) is 16.1 Å². The fourth-order valence-corrected chi connectivity index (χ4v) is 2.80. The highest BCUT2D eigenvalue weighted by atomic mass is 32.1. The van der Waals surface area contributed by atoms with Crippen molar-refractivity contribution in [2.45, 2.75) is 20.0 Å². The zero-order chi connectivity index (χ0) is 15.2. The maximum absolute atomic E-state index is 12.4. The molecule has 0 saturated carbocycles. The number of carbonyl (C=O) groups is 1. The molecule has 0 amide bonds. The first kappa shape index (κ1) is 15.2.